The van der Waals surface area contributed by atoms with Gasteiger partial charge in [-0.2, -0.15) is 0 Å². The summed E-state index contributed by atoms with van der Waals surface area (Å²) in [6, 6.07) is 7.87. The zero-order valence-electron chi connectivity index (χ0n) is 12.3. The third-order valence-corrected chi connectivity index (χ3v) is 5.40. The minimum Gasteiger partial charge on any atom is -0.486 e. The number of ether oxygens (including phenoxy) is 1. The fourth-order valence-electron chi connectivity index (χ4n) is 2.36. The van der Waals surface area contributed by atoms with E-state index in [9.17, 15) is 9.59 Å². The number of allylic oxidation sites excluding steroid dienone is 1. The van der Waals surface area contributed by atoms with Crippen molar-refractivity contribution in [3.05, 3.63) is 57.1 Å². The normalized spacial score (nSPS) is 22.0. The van der Waals surface area contributed by atoms with Crippen molar-refractivity contribution >= 4 is 56.1 Å². The Balaban J connectivity index is 1.69. The molecule has 1 unspecified atom stereocenters. The van der Waals surface area contributed by atoms with Crippen LogP contribution in [0.3, 0.4) is 0 Å². The van der Waals surface area contributed by atoms with Gasteiger partial charge in [0, 0.05) is 10.9 Å². The average Bonchev–Trinajstić information content (AvgIpc) is 3.09. The summed E-state index contributed by atoms with van der Waals surface area (Å²) in [6.45, 7) is -0.427. The second kappa shape index (κ2) is 7.08. The molecule has 5 nitrogen and oxygen atoms in total. The first-order valence-electron chi connectivity index (χ1n) is 7.03. The zero-order valence-corrected chi connectivity index (χ0v) is 15.5. The molecule has 1 amide bonds. The predicted octanol–water partition coefficient (Wildman–Crippen LogP) is 3.62. The van der Waals surface area contributed by atoms with Crippen LogP contribution in [0.2, 0.25) is 0 Å². The van der Waals surface area contributed by atoms with Gasteiger partial charge in [0.2, 0.25) is 0 Å². The monoisotopic (exact) mass is 425 g/mol. The molecule has 0 aromatic heterocycles. The first kappa shape index (κ1) is 17.2. The van der Waals surface area contributed by atoms with E-state index < -0.39 is 18.4 Å². The number of hydrogen-bond donors (Lipinski definition) is 1. The van der Waals surface area contributed by atoms with Crippen molar-refractivity contribution in [3.8, 4) is 0 Å². The Morgan fingerprint density at radius 3 is 2.83 bits per heavy atom. The summed E-state index contributed by atoms with van der Waals surface area (Å²) in [5, 5.41) is 8.84. The number of amides is 1. The summed E-state index contributed by atoms with van der Waals surface area (Å²) in [5.41, 5.74) is 1.05. The highest BCUT2D eigenvalue weighted by atomic mass is 79.9. The van der Waals surface area contributed by atoms with Gasteiger partial charge in [0.1, 0.15) is 22.7 Å². The van der Waals surface area contributed by atoms with Crippen LogP contribution in [0.25, 0.3) is 0 Å². The molecular weight excluding hydrogens is 414 g/mol. The number of halogens is 1. The fourth-order valence-corrected chi connectivity index (χ4v) is 3.86. The molecule has 1 aromatic rings. The number of carbonyl (C=O) groups is 2. The van der Waals surface area contributed by atoms with Gasteiger partial charge >= 0.3 is 5.97 Å². The molecule has 1 fully saturated rings. The van der Waals surface area contributed by atoms with Crippen molar-refractivity contribution < 1.29 is 19.4 Å². The van der Waals surface area contributed by atoms with Gasteiger partial charge in [-0.3, -0.25) is 14.5 Å². The number of aliphatic carboxylic acids is 1. The third kappa shape index (κ3) is 3.71. The highest BCUT2D eigenvalue weighted by molar-refractivity contribution is 9.10. The van der Waals surface area contributed by atoms with Crippen LogP contribution < -0.4 is 0 Å². The maximum Gasteiger partial charge on any atom is 0.323 e. The van der Waals surface area contributed by atoms with Crippen LogP contribution in [0.5, 0.6) is 0 Å². The molecule has 0 spiro atoms. The molecule has 0 radical (unpaired) electrons. The van der Waals surface area contributed by atoms with Crippen LogP contribution in [0.15, 0.2) is 51.6 Å². The standard InChI is InChI=1S/C16H12BrNO4S2/c17-10-3-1-9(2-4-10)12-6-5-11(22-12)7-13-15(21)18(8-14(19)20)16(23)24-13/h1-5,7,12H,6,8H2,(H,19,20)/b13-7-. The van der Waals surface area contributed by atoms with Crippen LogP contribution in [-0.4, -0.2) is 32.7 Å². The lowest BCUT2D eigenvalue weighted by atomic mass is 10.1. The summed E-state index contributed by atoms with van der Waals surface area (Å²) < 4.78 is 7.12. The quantitative estimate of drug-likeness (QED) is 0.586. The van der Waals surface area contributed by atoms with Gasteiger partial charge in [0.05, 0.1) is 4.91 Å². The van der Waals surface area contributed by atoms with E-state index in [0.29, 0.717) is 17.1 Å². The zero-order chi connectivity index (χ0) is 17.3. The van der Waals surface area contributed by atoms with E-state index in [1.54, 1.807) is 6.08 Å². The molecule has 0 aliphatic carbocycles. The van der Waals surface area contributed by atoms with E-state index in [1.165, 1.54) is 0 Å². The second-order valence-electron chi connectivity index (χ2n) is 5.16. The van der Waals surface area contributed by atoms with Crippen LogP contribution in [0.1, 0.15) is 18.1 Å². The molecular formula is C16H12BrNO4S2. The molecule has 1 aromatic carbocycles. The number of thiocarbonyl (C=S) groups is 1. The molecule has 24 heavy (non-hydrogen) atoms. The van der Waals surface area contributed by atoms with Gasteiger partial charge in [0.15, 0.2) is 0 Å². The molecule has 2 heterocycles. The summed E-state index contributed by atoms with van der Waals surface area (Å²) >= 11 is 9.55. The van der Waals surface area contributed by atoms with E-state index in [0.717, 1.165) is 26.7 Å². The highest BCUT2D eigenvalue weighted by Gasteiger charge is 2.34. The van der Waals surface area contributed by atoms with Crippen molar-refractivity contribution in [3.63, 3.8) is 0 Å². The van der Waals surface area contributed by atoms with Crippen molar-refractivity contribution in [1.29, 1.82) is 0 Å². The summed E-state index contributed by atoms with van der Waals surface area (Å²) in [7, 11) is 0. The number of carboxylic acid groups (broad SMARTS) is 1. The lowest BCUT2D eigenvalue weighted by Crippen LogP contribution is -2.33. The largest absolute Gasteiger partial charge is 0.486 e. The van der Waals surface area contributed by atoms with Crippen LogP contribution in [-0.2, 0) is 14.3 Å². The minimum atomic E-state index is -1.10. The summed E-state index contributed by atoms with van der Waals surface area (Å²) in [5.74, 6) is -0.901. The highest BCUT2D eigenvalue weighted by Crippen LogP contribution is 2.36. The van der Waals surface area contributed by atoms with Gasteiger partial charge in [0.25, 0.3) is 5.91 Å². The fraction of sp³-hybridized carbons (Fsp3) is 0.188. The number of carbonyl (C=O) groups excluding carboxylic acids is 1. The Kier molecular flexibility index (Phi) is 5.07. The molecule has 1 saturated heterocycles. The number of hydrogen-bond acceptors (Lipinski definition) is 5. The Hall–Kier alpha value is -1.64. The first-order valence-corrected chi connectivity index (χ1v) is 9.05. The van der Waals surface area contributed by atoms with Gasteiger partial charge in [-0.05, 0) is 29.8 Å². The Morgan fingerprint density at radius 1 is 1.46 bits per heavy atom. The topological polar surface area (TPSA) is 66.8 Å². The number of carboxylic acids is 1. The maximum atomic E-state index is 12.2. The van der Waals surface area contributed by atoms with Crippen molar-refractivity contribution in [2.75, 3.05) is 6.54 Å². The number of benzene rings is 1. The van der Waals surface area contributed by atoms with Crippen LogP contribution in [0, 0.1) is 0 Å². The number of nitrogens with zero attached hydrogens (tertiary/aromatic N) is 1. The van der Waals surface area contributed by atoms with Crippen molar-refractivity contribution in [1.82, 2.24) is 4.90 Å². The maximum absolute atomic E-state index is 12.2. The van der Waals surface area contributed by atoms with E-state index in [1.807, 2.05) is 30.3 Å². The first-order chi connectivity index (χ1) is 11.4. The number of rotatable bonds is 4. The van der Waals surface area contributed by atoms with E-state index in [4.69, 9.17) is 22.1 Å². The van der Waals surface area contributed by atoms with Crippen molar-refractivity contribution in [2.24, 2.45) is 0 Å². The SMILES string of the molecule is O=C(O)CN1C(=O)/C(=C/C2=CCC(c3ccc(Br)cc3)O2)SC1=S. The van der Waals surface area contributed by atoms with Crippen LogP contribution >= 0.6 is 39.9 Å². The summed E-state index contributed by atoms with van der Waals surface area (Å²) in [6.07, 6.45) is 4.16. The lowest BCUT2D eigenvalue weighted by Gasteiger charge is -2.12. The van der Waals surface area contributed by atoms with Gasteiger partial charge in [-0.25, -0.2) is 0 Å². The molecule has 2 aliphatic rings. The second-order valence-corrected chi connectivity index (χ2v) is 7.75. The van der Waals surface area contributed by atoms with E-state index >= 15 is 0 Å². The van der Waals surface area contributed by atoms with E-state index in [2.05, 4.69) is 15.9 Å². The third-order valence-electron chi connectivity index (χ3n) is 3.49. The Labute approximate surface area is 156 Å². The van der Waals surface area contributed by atoms with Gasteiger partial charge < -0.3 is 9.84 Å². The summed E-state index contributed by atoms with van der Waals surface area (Å²) in [4.78, 5) is 24.5. The van der Waals surface area contributed by atoms with Gasteiger partial charge in [-0.1, -0.05) is 52.0 Å². The molecule has 0 bridgehead atoms. The predicted molar refractivity (Wildman–Crippen MR) is 98.3 cm³/mol. The molecule has 1 atom stereocenters. The number of thioether (sulfide) groups is 1. The Bertz CT molecular complexity index is 773. The molecule has 124 valence electrons. The molecule has 1 N–H and O–H groups in total. The molecule has 8 heteroatoms. The van der Waals surface area contributed by atoms with Crippen LogP contribution in [0.4, 0.5) is 0 Å². The lowest BCUT2D eigenvalue weighted by molar-refractivity contribution is -0.140. The van der Waals surface area contributed by atoms with Crippen molar-refractivity contribution in [2.45, 2.75) is 12.5 Å². The Morgan fingerprint density at radius 2 is 2.17 bits per heavy atom. The minimum absolute atomic E-state index is 0.0893. The average molecular weight is 426 g/mol. The van der Waals surface area contributed by atoms with E-state index in [-0.39, 0.29) is 10.4 Å². The molecule has 3 rings (SSSR count). The molecule has 0 saturated carbocycles. The smallest absolute Gasteiger partial charge is 0.323 e. The van der Waals surface area contributed by atoms with Gasteiger partial charge in [-0.15, -0.1) is 0 Å². The molecule has 2 aliphatic heterocycles.